The van der Waals surface area contributed by atoms with Crippen molar-refractivity contribution in [2.75, 3.05) is 11.1 Å². The Labute approximate surface area is 90.2 Å². The summed E-state index contributed by atoms with van der Waals surface area (Å²) in [7, 11) is 0. The molecule has 2 nitrogen and oxygen atoms in total. The van der Waals surface area contributed by atoms with Crippen LogP contribution >= 0.6 is 27.5 Å². The molecule has 0 aliphatic rings. The van der Waals surface area contributed by atoms with Gasteiger partial charge in [-0.15, -0.1) is 0 Å². The summed E-state index contributed by atoms with van der Waals surface area (Å²) in [6.45, 7) is 1.84. The van der Waals surface area contributed by atoms with Crippen LogP contribution in [0.1, 0.15) is 15.9 Å². The molecule has 0 aliphatic carbocycles. The molecule has 13 heavy (non-hydrogen) atoms. The van der Waals surface area contributed by atoms with Crippen molar-refractivity contribution in [2.24, 2.45) is 0 Å². The number of hydrogen-bond donors (Lipinski definition) is 1. The highest BCUT2D eigenvalue weighted by molar-refractivity contribution is 9.09. The van der Waals surface area contributed by atoms with Crippen molar-refractivity contribution in [3.05, 3.63) is 28.3 Å². The Morgan fingerprint density at radius 1 is 1.62 bits per heavy atom. The van der Waals surface area contributed by atoms with Crippen molar-refractivity contribution in [3.63, 3.8) is 0 Å². The minimum atomic E-state index is 0.0133. The highest BCUT2D eigenvalue weighted by Crippen LogP contribution is 2.23. The van der Waals surface area contributed by atoms with Gasteiger partial charge in [-0.25, -0.2) is 0 Å². The van der Waals surface area contributed by atoms with Crippen molar-refractivity contribution in [2.45, 2.75) is 6.92 Å². The summed E-state index contributed by atoms with van der Waals surface area (Å²) in [6, 6.07) is 3.31. The fourth-order valence-electron chi connectivity index (χ4n) is 1.08. The molecular formula is C9H9BrClNO. The Morgan fingerprint density at radius 2 is 2.23 bits per heavy atom. The van der Waals surface area contributed by atoms with Gasteiger partial charge in [-0.2, -0.15) is 0 Å². The van der Waals surface area contributed by atoms with Crippen LogP contribution in [0.25, 0.3) is 0 Å². The van der Waals surface area contributed by atoms with Gasteiger partial charge in [0, 0.05) is 5.56 Å². The Balaban J connectivity index is 3.23. The van der Waals surface area contributed by atoms with E-state index < -0.39 is 0 Å². The minimum absolute atomic E-state index is 0.0133. The third-order valence-corrected chi connectivity index (χ3v) is 2.60. The number of hydrogen-bond acceptors (Lipinski definition) is 2. The number of nitrogens with two attached hydrogens (primary N) is 1. The average Bonchev–Trinajstić information content (AvgIpc) is 2.10. The predicted octanol–water partition coefficient (Wildman–Crippen LogP) is 2.81. The van der Waals surface area contributed by atoms with E-state index in [1.165, 1.54) is 0 Å². The quantitative estimate of drug-likeness (QED) is 0.506. The third kappa shape index (κ3) is 2.23. The first-order chi connectivity index (χ1) is 6.06. The maximum absolute atomic E-state index is 11.4. The van der Waals surface area contributed by atoms with E-state index in [4.69, 9.17) is 17.3 Å². The monoisotopic (exact) mass is 261 g/mol. The van der Waals surface area contributed by atoms with Gasteiger partial charge in [0.1, 0.15) is 0 Å². The van der Waals surface area contributed by atoms with E-state index in [0.29, 0.717) is 21.6 Å². The molecule has 0 spiro atoms. The van der Waals surface area contributed by atoms with Crippen LogP contribution in [0.15, 0.2) is 12.1 Å². The minimum Gasteiger partial charge on any atom is -0.398 e. The normalized spacial score (nSPS) is 10.1. The Bertz CT molecular complexity index is 352. The molecule has 0 aliphatic heterocycles. The lowest BCUT2D eigenvalue weighted by molar-refractivity contribution is 0.102. The van der Waals surface area contributed by atoms with Crippen molar-refractivity contribution in [1.82, 2.24) is 0 Å². The first kappa shape index (κ1) is 10.5. The summed E-state index contributed by atoms with van der Waals surface area (Å²) in [5.74, 6) is 0.0133. The highest BCUT2D eigenvalue weighted by Gasteiger charge is 2.09. The summed E-state index contributed by atoms with van der Waals surface area (Å²) in [4.78, 5) is 11.4. The van der Waals surface area contributed by atoms with E-state index >= 15 is 0 Å². The van der Waals surface area contributed by atoms with Crippen LogP contribution in [0, 0.1) is 6.92 Å². The van der Waals surface area contributed by atoms with Gasteiger partial charge in [0.25, 0.3) is 0 Å². The second-order valence-electron chi connectivity index (χ2n) is 2.75. The van der Waals surface area contributed by atoms with Crippen molar-refractivity contribution in [1.29, 1.82) is 0 Å². The van der Waals surface area contributed by atoms with Crippen LogP contribution in [-0.2, 0) is 0 Å². The van der Waals surface area contributed by atoms with Gasteiger partial charge in [-0.3, -0.25) is 4.79 Å². The van der Waals surface area contributed by atoms with E-state index in [1.54, 1.807) is 12.1 Å². The predicted molar refractivity (Wildman–Crippen MR) is 58.7 cm³/mol. The van der Waals surface area contributed by atoms with Crippen LogP contribution in [0.2, 0.25) is 5.02 Å². The zero-order chi connectivity index (χ0) is 10.0. The summed E-state index contributed by atoms with van der Waals surface area (Å²) < 4.78 is 0. The molecule has 4 heteroatoms. The lowest BCUT2D eigenvalue weighted by atomic mass is 10.1. The maximum Gasteiger partial charge on any atom is 0.173 e. The number of rotatable bonds is 2. The van der Waals surface area contributed by atoms with Crippen LogP contribution in [0.3, 0.4) is 0 Å². The van der Waals surface area contributed by atoms with E-state index in [2.05, 4.69) is 15.9 Å². The van der Waals surface area contributed by atoms with Gasteiger partial charge in [0.15, 0.2) is 5.78 Å². The SMILES string of the molecule is Cc1cc(N)c(Cl)cc1C(=O)CBr. The topological polar surface area (TPSA) is 43.1 Å². The molecule has 0 amide bonds. The van der Waals surface area contributed by atoms with E-state index in [9.17, 15) is 4.79 Å². The second-order valence-corrected chi connectivity index (χ2v) is 3.71. The number of aryl methyl sites for hydroxylation is 1. The van der Waals surface area contributed by atoms with Crippen LogP contribution in [0.4, 0.5) is 5.69 Å². The Hall–Kier alpha value is -0.540. The van der Waals surface area contributed by atoms with Crippen LogP contribution in [0.5, 0.6) is 0 Å². The zero-order valence-electron chi connectivity index (χ0n) is 7.10. The van der Waals surface area contributed by atoms with Gasteiger partial charge < -0.3 is 5.73 Å². The molecule has 0 radical (unpaired) electrons. The van der Waals surface area contributed by atoms with E-state index in [0.717, 1.165) is 5.56 Å². The van der Waals surface area contributed by atoms with Gasteiger partial charge in [-0.05, 0) is 24.6 Å². The summed E-state index contributed by atoms with van der Waals surface area (Å²) >= 11 is 8.90. The molecule has 70 valence electrons. The zero-order valence-corrected chi connectivity index (χ0v) is 9.45. The molecule has 2 N–H and O–H groups in total. The molecule has 1 aromatic rings. The standard InChI is InChI=1S/C9H9BrClNO/c1-5-2-8(12)7(11)3-6(5)9(13)4-10/h2-3H,4,12H2,1H3. The van der Waals surface area contributed by atoms with Crippen molar-refractivity contribution in [3.8, 4) is 0 Å². The molecule has 1 rings (SSSR count). The maximum atomic E-state index is 11.4. The molecule has 1 aromatic carbocycles. The lowest BCUT2D eigenvalue weighted by Gasteiger charge is -2.05. The van der Waals surface area contributed by atoms with Crippen molar-refractivity contribution >= 4 is 39.0 Å². The summed E-state index contributed by atoms with van der Waals surface area (Å²) in [5.41, 5.74) is 7.56. The van der Waals surface area contributed by atoms with E-state index in [1.807, 2.05) is 6.92 Å². The van der Waals surface area contributed by atoms with Crippen LogP contribution < -0.4 is 5.73 Å². The van der Waals surface area contributed by atoms with Crippen LogP contribution in [-0.4, -0.2) is 11.1 Å². The van der Waals surface area contributed by atoms with Gasteiger partial charge in [-0.1, -0.05) is 27.5 Å². The first-order valence-electron chi connectivity index (χ1n) is 3.71. The molecule has 0 unspecified atom stereocenters. The molecule has 0 atom stereocenters. The number of anilines is 1. The molecule has 0 heterocycles. The Morgan fingerprint density at radius 3 is 2.77 bits per heavy atom. The van der Waals surface area contributed by atoms with E-state index in [-0.39, 0.29) is 5.78 Å². The Kier molecular flexibility index (Phi) is 3.33. The fraction of sp³-hybridized carbons (Fsp3) is 0.222. The smallest absolute Gasteiger partial charge is 0.173 e. The lowest BCUT2D eigenvalue weighted by Crippen LogP contribution is -2.03. The van der Waals surface area contributed by atoms with Gasteiger partial charge in [0.05, 0.1) is 16.0 Å². The first-order valence-corrected chi connectivity index (χ1v) is 5.21. The van der Waals surface area contributed by atoms with Gasteiger partial charge in [0.2, 0.25) is 0 Å². The summed E-state index contributed by atoms with van der Waals surface area (Å²) in [6.07, 6.45) is 0. The molecule has 0 fully saturated rings. The molecule has 0 aromatic heterocycles. The molecule has 0 saturated heterocycles. The number of Topliss-reactive ketones (excluding diaryl/α,β-unsaturated/α-hetero) is 1. The highest BCUT2D eigenvalue weighted by atomic mass is 79.9. The fourth-order valence-corrected chi connectivity index (χ4v) is 1.54. The second kappa shape index (κ2) is 4.11. The summed E-state index contributed by atoms with van der Waals surface area (Å²) in [5, 5.41) is 0.726. The number of ketones is 1. The van der Waals surface area contributed by atoms with Gasteiger partial charge >= 0.3 is 0 Å². The average molecular weight is 263 g/mol. The number of benzene rings is 1. The number of nitrogen functional groups attached to an aromatic ring is 1. The number of halogens is 2. The van der Waals surface area contributed by atoms with Crippen molar-refractivity contribution < 1.29 is 4.79 Å². The number of carbonyl (C=O) groups excluding carboxylic acids is 1. The largest absolute Gasteiger partial charge is 0.398 e. The number of carbonyl (C=O) groups is 1. The molecule has 0 saturated carbocycles. The third-order valence-electron chi connectivity index (χ3n) is 1.77. The number of alkyl halides is 1. The molecular weight excluding hydrogens is 253 g/mol. The molecule has 0 bridgehead atoms.